The van der Waals surface area contributed by atoms with Gasteiger partial charge in [0, 0.05) is 16.5 Å². The van der Waals surface area contributed by atoms with Crippen LogP contribution < -0.4 is 0 Å². The van der Waals surface area contributed by atoms with E-state index >= 15 is 0 Å². The first-order valence-electron chi connectivity index (χ1n) is 6.45. The van der Waals surface area contributed by atoms with E-state index in [4.69, 9.17) is 4.98 Å². The molecule has 1 heterocycles. The molecule has 0 atom stereocenters. The van der Waals surface area contributed by atoms with Crippen LogP contribution >= 0.6 is 11.3 Å². The van der Waals surface area contributed by atoms with E-state index in [1.165, 1.54) is 11.1 Å². The van der Waals surface area contributed by atoms with Crippen molar-refractivity contribution in [3.63, 3.8) is 0 Å². The number of thiazole rings is 1. The van der Waals surface area contributed by atoms with E-state index in [1.54, 1.807) is 23.5 Å². The van der Waals surface area contributed by atoms with Crippen molar-refractivity contribution in [1.29, 1.82) is 0 Å². The number of phenols is 1. The molecule has 100 valence electrons. The fraction of sp³-hybridized carbons (Fsp3) is 0.118. The lowest BCUT2D eigenvalue weighted by Gasteiger charge is -2.02. The van der Waals surface area contributed by atoms with Crippen molar-refractivity contribution in [2.75, 3.05) is 0 Å². The molecule has 0 aliphatic rings. The number of aromatic hydroxyl groups is 1. The Hall–Kier alpha value is -2.13. The van der Waals surface area contributed by atoms with Crippen LogP contribution in [-0.4, -0.2) is 10.1 Å². The normalized spacial score (nSPS) is 10.7. The number of hydrogen-bond donors (Lipinski definition) is 1. The van der Waals surface area contributed by atoms with Crippen LogP contribution in [0.3, 0.4) is 0 Å². The van der Waals surface area contributed by atoms with Crippen LogP contribution in [0.5, 0.6) is 5.75 Å². The quantitative estimate of drug-likeness (QED) is 0.732. The Morgan fingerprint density at radius 2 is 1.55 bits per heavy atom. The van der Waals surface area contributed by atoms with Gasteiger partial charge in [-0.3, -0.25) is 0 Å². The van der Waals surface area contributed by atoms with Crippen LogP contribution in [-0.2, 0) is 0 Å². The second-order valence-corrected chi connectivity index (χ2v) is 5.82. The highest BCUT2D eigenvalue weighted by Gasteiger charge is 2.07. The molecule has 0 bridgehead atoms. The van der Waals surface area contributed by atoms with Crippen molar-refractivity contribution in [3.05, 3.63) is 59.0 Å². The third-order valence-corrected chi connectivity index (χ3v) is 4.03. The number of nitrogens with zero attached hydrogens (tertiary/aromatic N) is 1. The zero-order valence-electron chi connectivity index (χ0n) is 11.4. The molecule has 0 saturated carbocycles. The first-order valence-corrected chi connectivity index (χ1v) is 7.33. The Balaban J connectivity index is 1.99. The molecule has 0 spiro atoms. The molecule has 3 rings (SSSR count). The molecule has 2 aromatic carbocycles. The fourth-order valence-corrected chi connectivity index (χ4v) is 3.10. The minimum Gasteiger partial charge on any atom is -0.508 e. The average Bonchev–Trinajstić information content (AvgIpc) is 2.88. The van der Waals surface area contributed by atoms with E-state index in [-0.39, 0.29) is 5.75 Å². The molecule has 0 radical (unpaired) electrons. The maximum absolute atomic E-state index is 9.33. The van der Waals surface area contributed by atoms with Gasteiger partial charge in [0.25, 0.3) is 0 Å². The SMILES string of the molecule is Cc1cc(C)cc(-c2csc(-c3ccc(O)cc3)n2)c1. The van der Waals surface area contributed by atoms with E-state index < -0.39 is 0 Å². The molecule has 0 aliphatic carbocycles. The summed E-state index contributed by atoms with van der Waals surface area (Å²) in [6, 6.07) is 13.6. The minimum absolute atomic E-state index is 0.278. The molecule has 0 amide bonds. The number of aromatic nitrogens is 1. The van der Waals surface area contributed by atoms with Gasteiger partial charge in [-0.1, -0.05) is 17.2 Å². The van der Waals surface area contributed by atoms with Crippen LogP contribution in [0.2, 0.25) is 0 Å². The highest BCUT2D eigenvalue weighted by molar-refractivity contribution is 7.13. The third kappa shape index (κ3) is 2.58. The van der Waals surface area contributed by atoms with Crippen LogP contribution in [0.15, 0.2) is 47.8 Å². The zero-order valence-corrected chi connectivity index (χ0v) is 12.2. The number of aryl methyl sites for hydroxylation is 2. The van der Waals surface area contributed by atoms with Crippen molar-refractivity contribution in [2.45, 2.75) is 13.8 Å². The van der Waals surface area contributed by atoms with E-state index in [0.717, 1.165) is 21.8 Å². The van der Waals surface area contributed by atoms with Gasteiger partial charge < -0.3 is 5.11 Å². The molecule has 3 heteroatoms. The summed E-state index contributed by atoms with van der Waals surface area (Å²) in [7, 11) is 0. The molecular weight excluding hydrogens is 266 g/mol. The summed E-state index contributed by atoms with van der Waals surface area (Å²) in [6.07, 6.45) is 0. The van der Waals surface area contributed by atoms with Crippen molar-refractivity contribution < 1.29 is 5.11 Å². The number of benzene rings is 2. The zero-order chi connectivity index (χ0) is 14.1. The van der Waals surface area contributed by atoms with E-state index in [9.17, 15) is 5.11 Å². The van der Waals surface area contributed by atoms with Crippen LogP contribution in [0, 0.1) is 13.8 Å². The highest BCUT2D eigenvalue weighted by Crippen LogP contribution is 2.30. The van der Waals surface area contributed by atoms with Crippen LogP contribution in [0.25, 0.3) is 21.8 Å². The van der Waals surface area contributed by atoms with Crippen molar-refractivity contribution >= 4 is 11.3 Å². The van der Waals surface area contributed by atoms with Gasteiger partial charge in [-0.2, -0.15) is 0 Å². The predicted molar refractivity (Wildman–Crippen MR) is 84.1 cm³/mol. The van der Waals surface area contributed by atoms with Gasteiger partial charge in [0.05, 0.1) is 5.69 Å². The van der Waals surface area contributed by atoms with Crippen molar-refractivity contribution in [2.24, 2.45) is 0 Å². The molecule has 0 saturated heterocycles. The number of phenolic OH excluding ortho intramolecular Hbond substituents is 1. The molecule has 20 heavy (non-hydrogen) atoms. The average molecular weight is 281 g/mol. The topological polar surface area (TPSA) is 33.1 Å². The van der Waals surface area contributed by atoms with Gasteiger partial charge in [-0.25, -0.2) is 4.98 Å². The largest absolute Gasteiger partial charge is 0.508 e. The molecule has 0 fully saturated rings. The lowest BCUT2D eigenvalue weighted by molar-refractivity contribution is 0.475. The number of hydrogen-bond acceptors (Lipinski definition) is 3. The van der Waals surface area contributed by atoms with Gasteiger partial charge >= 0.3 is 0 Å². The van der Waals surface area contributed by atoms with Gasteiger partial charge in [0.15, 0.2) is 0 Å². The van der Waals surface area contributed by atoms with Gasteiger partial charge in [-0.05, 0) is 50.2 Å². The summed E-state index contributed by atoms with van der Waals surface area (Å²) in [5.41, 5.74) is 5.69. The molecule has 0 aliphatic heterocycles. The first-order chi connectivity index (χ1) is 9.61. The monoisotopic (exact) mass is 281 g/mol. The molecule has 2 nitrogen and oxygen atoms in total. The predicted octanol–water partition coefficient (Wildman–Crippen LogP) is 4.80. The molecule has 0 unspecified atom stereocenters. The number of rotatable bonds is 2. The Morgan fingerprint density at radius 1 is 0.900 bits per heavy atom. The summed E-state index contributed by atoms with van der Waals surface area (Å²) < 4.78 is 0. The fourth-order valence-electron chi connectivity index (χ4n) is 2.27. The molecule has 3 aromatic rings. The van der Waals surface area contributed by atoms with E-state index in [1.807, 2.05) is 12.1 Å². The standard InChI is InChI=1S/C17H15NOS/c1-11-7-12(2)9-14(8-11)16-10-20-17(18-16)13-3-5-15(19)6-4-13/h3-10,19H,1-2H3. The van der Waals surface area contributed by atoms with Gasteiger partial charge in [-0.15, -0.1) is 11.3 Å². The maximum atomic E-state index is 9.33. The van der Waals surface area contributed by atoms with E-state index in [2.05, 4.69) is 37.4 Å². The lowest BCUT2D eigenvalue weighted by Crippen LogP contribution is -1.83. The van der Waals surface area contributed by atoms with Crippen molar-refractivity contribution in [1.82, 2.24) is 4.98 Å². The second kappa shape index (κ2) is 5.10. The van der Waals surface area contributed by atoms with Gasteiger partial charge in [0.1, 0.15) is 10.8 Å². The smallest absolute Gasteiger partial charge is 0.124 e. The van der Waals surface area contributed by atoms with Crippen LogP contribution in [0.4, 0.5) is 0 Å². The Kier molecular flexibility index (Phi) is 3.28. The second-order valence-electron chi connectivity index (χ2n) is 4.96. The Morgan fingerprint density at radius 3 is 2.20 bits per heavy atom. The molecular formula is C17H15NOS. The summed E-state index contributed by atoms with van der Waals surface area (Å²) in [5, 5.41) is 12.4. The molecule has 1 aromatic heterocycles. The lowest BCUT2D eigenvalue weighted by atomic mass is 10.1. The first kappa shape index (κ1) is 12.9. The van der Waals surface area contributed by atoms with Gasteiger partial charge in [0.2, 0.25) is 0 Å². The highest BCUT2D eigenvalue weighted by atomic mass is 32.1. The Labute approximate surface area is 122 Å². The van der Waals surface area contributed by atoms with Crippen LogP contribution in [0.1, 0.15) is 11.1 Å². The summed E-state index contributed by atoms with van der Waals surface area (Å²) in [4.78, 5) is 4.70. The summed E-state index contributed by atoms with van der Waals surface area (Å²) in [5.74, 6) is 0.278. The summed E-state index contributed by atoms with van der Waals surface area (Å²) >= 11 is 1.62. The Bertz CT molecular complexity index is 724. The third-order valence-electron chi connectivity index (χ3n) is 3.14. The molecule has 1 N–H and O–H groups in total. The van der Waals surface area contributed by atoms with Crippen molar-refractivity contribution in [3.8, 4) is 27.6 Å². The minimum atomic E-state index is 0.278. The maximum Gasteiger partial charge on any atom is 0.124 e. The summed E-state index contributed by atoms with van der Waals surface area (Å²) in [6.45, 7) is 4.20. The van der Waals surface area contributed by atoms with E-state index in [0.29, 0.717) is 0 Å².